The average molecular weight is 314 g/mol. The van der Waals surface area contributed by atoms with Crippen LogP contribution in [0.1, 0.15) is 16.8 Å². The first-order valence-electron chi connectivity index (χ1n) is 5.89. The molecule has 1 saturated heterocycles. The monoisotopic (exact) mass is 313 g/mol. The summed E-state index contributed by atoms with van der Waals surface area (Å²) < 4.78 is 5.91. The van der Waals surface area contributed by atoms with Crippen LogP contribution in [0.25, 0.3) is 0 Å². The smallest absolute Gasteiger partial charge is 0.253 e. The van der Waals surface area contributed by atoms with E-state index in [1.54, 1.807) is 30.2 Å². The Bertz CT molecular complexity index is 450. The fourth-order valence-corrected chi connectivity index (χ4v) is 2.69. The van der Waals surface area contributed by atoms with Gasteiger partial charge in [-0.25, -0.2) is 0 Å². The van der Waals surface area contributed by atoms with Crippen molar-refractivity contribution in [2.24, 2.45) is 5.92 Å². The van der Waals surface area contributed by atoms with Gasteiger partial charge in [-0.1, -0.05) is 0 Å². The summed E-state index contributed by atoms with van der Waals surface area (Å²) in [6.07, 6.45) is 0.875. The average Bonchev–Trinajstić information content (AvgIpc) is 2.86. The lowest BCUT2D eigenvalue weighted by Crippen LogP contribution is -2.29. The van der Waals surface area contributed by atoms with Crippen LogP contribution in [0.4, 0.5) is 0 Å². The molecule has 0 spiro atoms. The quantitative estimate of drug-likeness (QED) is 0.927. The van der Waals surface area contributed by atoms with Crippen molar-refractivity contribution >= 4 is 21.8 Å². The minimum absolute atomic E-state index is 0.00861. The van der Waals surface area contributed by atoms with Crippen molar-refractivity contribution in [1.29, 1.82) is 0 Å². The molecule has 5 heteroatoms. The molecule has 1 heterocycles. The molecule has 18 heavy (non-hydrogen) atoms. The Kier molecular flexibility index (Phi) is 4.24. The lowest BCUT2D eigenvalue weighted by molar-refractivity contribution is 0.0782. The number of likely N-dealkylation sites (tertiary alicyclic amines) is 1. The van der Waals surface area contributed by atoms with E-state index in [0.717, 1.165) is 10.9 Å². The largest absolute Gasteiger partial charge is 0.496 e. The Balaban J connectivity index is 2.12. The molecule has 0 aliphatic carbocycles. The highest BCUT2D eigenvalue weighted by molar-refractivity contribution is 9.10. The van der Waals surface area contributed by atoms with Crippen molar-refractivity contribution in [2.45, 2.75) is 6.42 Å². The molecule has 0 saturated carbocycles. The van der Waals surface area contributed by atoms with Crippen molar-refractivity contribution < 1.29 is 14.6 Å². The van der Waals surface area contributed by atoms with E-state index in [1.807, 2.05) is 0 Å². The number of aliphatic hydroxyl groups is 1. The van der Waals surface area contributed by atoms with Gasteiger partial charge in [-0.2, -0.15) is 0 Å². The van der Waals surface area contributed by atoms with Gasteiger partial charge in [-0.3, -0.25) is 4.79 Å². The number of rotatable bonds is 3. The van der Waals surface area contributed by atoms with Crippen molar-refractivity contribution in [1.82, 2.24) is 4.90 Å². The number of hydrogen-bond acceptors (Lipinski definition) is 3. The second kappa shape index (κ2) is 5.71. The van der Waals surface area contributed by atoms with Crippen LogP contribution in [-0.2, 0) is 0 Å². The number of methoxy groups -OCH3 is 1. The molecule has 1 aromatic rings. The third-order valence-corrected chi connectivity index (χ3v) is 3.85. The van der Waals surface area contributed by atoms with Crippen LogP contribution in [0.2, 0.25) is 0 Å². The molecule has 1 unspecified atom stereocenters. The zero-order valence-electron chi connectivity index (χ0n) is 10.2. The number of halogens is 1. The van der Waals surface area contributed by atoms with Crippen LogP contribution in [0.5, 0.6) is 5.75 Å². The zero-order chi connectivity index (χ0) is 13.1. The number of carbonyl (C=O) groups is 1. The summed E-state index contributed by atoms with van der Waals surface area (Å²) in [7, 11) is 1.59. The van der Waals surface area contributed by atoms with Gasteiger partial charge in [0, 0.05) is 31.2 Å². The molecule has 1 aliphatic heterocycles. The van der Waals surface area contributed by atoms with E-state index >= 15 is 0 Å². The van der Waals surface area contributed by atoms with Crippen LogP contribution < -0.4 is 4.74 Å². The SMILES string of the molecule is COc1ccc(C(=O)N2CCC(CO)C2)cc1Br. The van der Waals surface area contributed by atoms with Gasteiger partial charge < -0.3 is 14.7 Å². The van der Waals surface area contributed by atoms with Gasteiger partial charge in [0.05, 0.1) is 11.6 Å². The molecule has 1 fully saturated rings. The fraction of sp³-hybridized carbons (Fsp3) is 0.462. The molecule has 0 aromatic heterocycles. The predicted octanol–water partition coefficient (Wildman–Crippen LogP) is 1.91. The highest BCUT2D eigenvalue weighted by atomic mass is 79.9. The fourth-order valence-electron chi connectivity index (χ4n) is 2.15. The van der Waals surface area contributed by atoms with Crippen LogP contribution in [-0.4, -0.2) is 42.7 Å². The van der Waals surface area contributed by atoms with E-state index in [-0.39, 0.29) is 18.4 Å². The van der Waals surface area contributed by atoms with Gasteiger partial charge in [-0.05, 0) is 40.5 Å². The van der Waals surface area contributed by atoms with Crippen molar-refractivity contribution in [3.63, 3.8) is 0 Å². The molecule has 2 rings (SSSR count). The Morgan fingerprint density at radius 3 is 2.94 bits per heavy atom. The van der Waals surface area contributed by atoms with E-state index in [4.69, 9.17) is 9.84 Å². The molecule has 1 aromatic carbocycles. The maximum absolute atomic E-state index is 12.2. The minimum Gasteiger partial charge on any atom is -0.496 e. The Labute approximate surface area is 115 Å². The summed E-state index contributed by atoms with van der Waals surface area (Å²) in [5.74, 6) is 0.936. The number of ether oxygens (including phenoxy) is 1. The van der Waals surface area contributed by atoms with Gasteiger partial charge in [0.2, 0.25) is 0 Å². The van der Waals surface area contributed by atoms with Gasteiger partial charge in [-0.15, -0.1) is 0 Å². The molecular weight excluding hydrogens is 298 g/mol. The van der Waals surface area contributed by atoms with Crippen LogP contribution >= 0.6 is 15.9 Å². The lowest BCUT2D eigenvalue weighted by Gasteiger charge is -2.16. The van der Waals surface area contributed by atoms with E-state index in [0.29, 0.717) is 24.4 Å². The maximum Gasteiger partial charge on any atom is 0.253 e. The number of aliphatic hydroxyl groups excluding tert-OH is 1. The van der Waals surface area contributed by atoms with E-state index in [1.165, 1.54) is 0 Å². The highest BCUT2D eigenvalue weighted by Crippen LogP contribution is 2.27. The molecule has 0 radical (unpaired) electrons. The lowest BCUT2D eigenvalue weighted by atomic mass is 10.1. The number of benzene rings is 1. The highest BCUT2D eigenvalue weighted by Gasteiger charge is 2.26. The van der Waals surface area contributed by atoms with Gasteiger partial charge in [0.15, 0.2) is 0 Å². The summed E-state index contributed by atoms with van der Waals surface area (Å²) in [6.45, 7) is 1.50. The molecule has 1 N–H and O–H groups in total. The van der Waals surface area contributed by atoms with Crippen molar-refractivity contribution in [2.75, 3.05) is 26.8 Å². The third-order valence-electron chi connectivity index (χ3n) is 3.23. The number of amides is 1. The summed E-state index contributed by atoms with van der Waals surface area (Å²) in [4.78, 5) is 14.0. The Morgan fingerprint density at radius 2 is 2.39 bits per heavy atom. The minimum atomic E-state index is 0.00861. The van der Waals surface area contributed by atoms with Gasteiger partial charge in [0.25, 0.3) is 5.91 Å². The summed E-state index contributed by atoms with van der Waals surface area (Å²) in [6, 6.07) is 5.31. The Morgan fingerprint density at radius 1 is 1.61 bits per heavy atom. The second-order valence-electron chi connectivity index (χ2n) is 4.44. The van der Waals surface area contributed by atoms with Gasteiger partial charge in [0.1, 0.15) is 5.75 Å². The summed E-state index contributed by atoms with van der Waals surface area (Å²) in [5, 5.41) is 9.09. The first-order valence-corrected chi connectivity index (χ1v) is 6.68. The molecule has 1 aliphatic rings. The first kappa shape index (κ1) is 13.4. The summed E-state index contributed by atoms with van der Waals surface area (Å²) >= 11 is 3.37. The van der Waals surface area contributed by atoms with Gasteiger partial charge >= 0.3 is 0 Å². The first-order chi connectivity index (χ1) is 8.65. The normalized spacial score (nSPS) is 19.1. The summed E-state index contributed by atoms with van der Waals surface area (Å²) in [5.41, 5.74) is 0.640. The van der Waals surface area contributed by atoms with Crippen LogP contribution in [0.3, 0.4) is 0 Å². The number of nitrogens with zero attached hydrogens (tertiary/aromatic N) is 1. The molecule has 4 nitrogen and oxygen atoms in total. The third kappa shape index (κ3) is 2.67. The number of hydrogen-bond donors (Lipinski definition) is 1. The topological polar surface area (TPSA) is 49.8 Å². The molecule has 1 atom stereocenters. The van der Waals surface area contributed by atoms with E-state index in [2.05, 4.69) is 15.9 Å². The van der Waals surface area contributed by atoms with E-state index in [9.17, 15) is 4.79 Å². The van der Waals surface area contributed by atoms with Crippen LogP contribution in [0, 0.1) is 5.92 Å². The molecular formula is C13H16BrNO3. The standard InChI is InChI=1S/C13H16BrNO3/c1-18-12-3-2-10(6-11(12)14)13(17)15-5-4-9(7-15)8-16/h2-3,6,9,16H,4-5,7-8H2,1H3. The predicted molar refractivity (Wildman–Crippen MR) is 71.8 cm³/mol. The van der Waals surface area contributed by atoms with Crippen molar-refractivity contribution in [3.8, 4) is 5.75 Å². The molecule has 0 bridgehead atoms. The zero-order valence-corrected chi connectivity index (χ0v) is 11.8. The van der Waals surface area contributed by atoms with E-state index < -0.39 is 0 Å². The maximum atomic E-state index is 12.2. The number of carbonyl (C=O) groups excluding carboxylic acids is 1. The van der Waals surface area contributed by atoms with Crippen molar-refractivity contribution in [3.05, 3.63) is 28.2 Å². The second-order valence-corrected chi connectivity index (χ2v) is 5.29. The Hall–Kier alpha value is -1.07. The molecule has 1 amide bonds. The molecule has 98 valence electrons. The van der Waals surface area contributed by atoms with Crippen LogP contribution in [0.15, 0.2) is 22.7 Å².